The Labute approximate surface area is 117 Å². The maximum atomic E-state index is 12.7. The zero-order valence-corrected chi connectivity index (χ0v) is 12.0. The van der Waals surface area contributed by atoms with Gasteiger partial charge in [-0.1, -0.05) is 20.8 Å². The van der Waals surface area contributed by atoms with Crippen molar-refractivity contribution in [1.82, 2.24) is 9.97 Å². The number of nitrogens with two attached hydrogens (primary N) is 1. The monoisotopic (exact) mass is 290 g/mol. The van der Waals surface area contributed by atoms with Crippen LogP contribution in [0.4, 0.5) is 19.1 Å². The van der Waals surface area contributed by atoms with E-state index in [1.807, 2.05) is 20.8 Å². The number of nitrogens with zero attached hydrogens (tertiary/aromatic N) is 3. The van der Waals surface area contributed by atoms with E-state index in [1.165, 1.54) is 0 Å². The summed E-state index contributed by atoms with van der Waals surface area (Å²) in [5.74, 6) is 0.100. The van der Waals surface area contributed by atoms with Gasteiger partial charge in [0, 0.05) is 19.3 Å². The summed E-state index contributed by atoms with van der Waals surface area (Å²) in [6.07, 6.45) is -2.53. The van der Waals surface area contributed by atoms with Gasteiger partial charge in [-0.25, -0.2) is 9.97 Å². The Morgan fingerprint density at radius 3 is 2.45 bits per heavy atom. The number of alkyl halides is 3. The molecule has 7 heteroatoms. The van der Waals surface area contributed by atoms with Gasteiger partial charge in [-0.3, -0.25) is 0 Å². The predicted molar refractivity (Wildman–Crippen MR) is 72.4 cm³/mol. The Morgan fingerprint density at radius 2 is 1.95 bits per heavy atom. The Kier molecular flexibility index (Phi) is 5.33. The van der Waals surface area contributed by atoms with Gasteiger partial charge in [0.25, 0.3) is 0 Å². The Bertz CT molecular complexity index is 432. The molecule has 0 aliphatic heterocycles. The molecule has 20 heavy (non-hydrogen) atoms. The fraction of sp³-hybridized carbons (Fsp3) is 0.692. The molecule has 0 amide bonds. The van der Waals surface area contributed by atoms with E-state index in [2.05, 4.69) is 9.97 Å². The van der Waals surface area contributed by atoms with Crippen molar-refractivity contribution in [2.45, 2.75) is 33.4 Å². The molecule has 0 atom stereocenters. The van der Waals surface area contributed by atoms with Gasteiger partial charge in [0.15, 0.2) is 0 Å². The van der Waals surface area contributed by atoms with Crippen LogP contribution in [0.5, 0.6) is 0 Å². The van der Waals surface area contributed by atoms with E-state index in [9.17, 15) is 13.2 Å². The van der Waals surface area contributed by atoms with Gasteiger partial charge in [0.2, 0.25) is 5.95 Å². The molecule has 0 bridgehead atoms. The fourth-order valence-electron chi connectivity index (χ4n) is 1.76. The van der Waals surface area contributed by atoms with Crippen molar-refractivity contribution >= 4 is 5.95 Å². The van der Waals surface area contributed by atoms with Crippen molar-refractivity contribution in [3.8, 4) is 0 Å². The minimum Gasteiger partial charge on any atom is -0.340 e. The van der Waals surface area contributed by atoms with Gasteiger partial charge < -0.3 is 10.6 Å². The van der Waals surface area contributed by atoms with Crippen LogP contribution < -0.4 is 10.6 Å². The minimum atomic E-state index is -4.46. The molecule has 2 N–H and O–H groups in total. The molecule has 114 valence electrons. The van der Waals surface area contributed by atoms with Crippen molar-refractivity contribution in [3.63, 3.8) is 0 Å². The van der Waals surface area contributed by atoms with Crippen LogP contribution in [0.3, 0.4) is 0 Å². The van der Waals surface area contributed by atoms with Crippen LogP contribution in [0.15, 0.2) is 12.3 Å². The molecule has 1 heterocycles. The van der Waals surface area contributed by atoms with Gasteiger partial charge in [0.05, 0.1) is 0 Å². The van der Waals surface area contributed by atoms with E-state index in [0.29, 0.717) is 19.6 Å². The van der Waals surface area contributed by atoms with E-state index in [4.69, 9.17) is 5.73 Å². The second-order valence-corrected chi connectivity index (χ2v) is 5.53. The van der Waals surface area contributed by atoms with Gasteiger partial charge in [-0.05, 0) is 24.4 Å². The lowest BCUT2D eigenvalue weighted by molar-refractivity contribution is -0.141. The largest absolute Gasteiger partial charge is 0.433 e. The van der Waals surface area contributed by atoms with Crippen molar-refractivity contribution in [1.29, 1.82) is 0 Å². The molecule has 0 radical (unpaired) electrons. The highest BCUT2D eigenvalue weighted by Crippen LogP contribution is 2.28. The summed E-state index contributed by atoms with van der Waals surface area (Å²) >= 11 is 0. The van der Waals surface area contributed by atoms with Gasteiger partial charge in [-0.2, -0.15) is 13.2 Å². The average Bonchev–Trinajstić information content (AvgIpc) is 2.37. The number of hydrogen-bond donors (Lipinski definition) is 1. The Morgan fingerprint density at radius 1 is 1.30 bits per heavy atom. The highest BCUT2D eigenvalue weighted by Gasteiger charge is 2.33. The Hall–Kier alpha value is -1.37. The topological polar surface area (TPSA) is 55.0 Å². The summed E-state index contributed by atoms with van der Waals surface area (Å²) < 4.78 is 38.1. The molecular formula is C13H21F3N4. The zero-order valence-electron chi connectivity index (χ0n) is 12.0. The van der Waals surface area contributed by atoms with Crippen molar-refractivity contribution in [2.75, 3.05) is 24.5 Å². The first-order valence-corrected chi connectivity index (χ1v) is 6.55. The third kappa shape index (κ3) is 4.63. The second kappa shape index (κ2) is 6.39. The lowest BCUT2D eigenvalue weighted by atomic mass is 9.93. The maximum absolute atomic E-state index is 12.7. The van der Waals surface area contributed by atoms with E-state index < -0.39 is 11.9 Å². The quantitative estimate of drug-likeness (QED) is 0.875. The van der Waals surface area contributed by atoms with Crippen molar-refractivity contribution in [3.05, 3.63) is 18.0 Å². The molecule has 0 saturated carbocycles. The smallest absolute Gasteiger partial charge is 0.340 e. The Balaban J connectivity index is 3.03. The molecule has 1 aromatic rings. The van der Waals surface area contributed by atoms with Crippen molar-refractivity contribution in [2.24, 2.45) is 11.1 Å². The fourth-order valence-corrected chi connectivity index (χ4v) is 1.76. The number of halogens is 3. The summed E-state index contributed by atoms with van der Waals surface area (Å²) in [5, 5.41) is 0. The first kappa shape index (κ1) is 16.7. The number of aromatic nitrogens is 2. The third-order valence-corrected chi connectivity index (χ3v) is 2.88. The number of rotatable bonds is 6. The van der Waals surface area contributed by atoms with E-state index in [1.54, 1.807) is 4.90 Å². The summed E-state index contributed by atoms with van der Waals surface area (Å²) in [7, 11) is 0. The van der Waals surface area contributed by atoms with Crippen LogP contribution in [-0.2, 0) is 6.18 Å². The first-order valence-electron chi connectivity index (χ1n) is 6.55. The molecular weight excluding hydrogens is 269 g/mol. The molecule has 0 saturated heterocycles. The first-order chi connectivity index (χ1) is 9.19. The third-order valence-electron chi connectivity index (χ3n) is 2.88. The summed E-state index contributed by atoms with van der Waals surface area (Å²) in [5.41, 5.74) is 4.54. The standard InChI is InChI=1S/C13H21F3N4/c1-4-7-20(9-12(2,3)8-17)11-18-6-5-10(19-11)13(14,15)16/h5-6H,4,7-9,17H2,1-3H3. The zero-order chi connectivity index (χ0) is 15.4. The maximum Gasteiger partial charge on any atom is 0.433 e. The van der Waals surface area contributed by atoms with Gasteiger partial charge in [0.1, 0.15) is 5.69 Å². The molecule has 4 nitrogen and oxygen atoms in total. The average molecular weight is 290 g/mol. The lowest BCUT2D eigenvalue weighted by Gasteiger charge is -2.31. The molecule has 0 aliphatic carbocycles. The summed E-state index contributed by atoms with van der Waals surface area (Å²) in [4.78, 5) is 9.35. The van der Waals surface area contributed by atoms with Crippen molar-refractivity contribution < 1.29 is 13.2 Å². The molecule has 0 unspecified atom stereocenters. The molecule has 0 spiro atoms. The summed E-state index contributed by atoms with van der Waals surface area (Å²) in [6.45, 7) is 7.41. The highest BCUT2D eigenvalue weighted by molar-refractivity contribution is 5.31. The molecule has 1 aromatic heterocycles. The van der Waals surface area contributed by atoms with Crippen LogP contribution in [0, 0.1) is 5.41 Å². The normalized spacial score (nSPS) is 12.6. The van der Waals surface area contributed by atoms with E-state index in [0.717, 1.165) is 18.7 Å². The van der Waals surface area contributed by atoms with Crippen LogP contribution in [0.1, 0.15) is 32.9 Å². The van der Waals surface area contributed by atoms with Gasteiger partial charge >= 0.3 is 6.18 Å². The van der Waals surface area contributed by atoms with E-state index >= 15 is 0 Å². The SMILES string of the molecule is CCCN(CC(C)(C)CN)c1nccc(C(F)(F)F)n1. The second-order valence-electron chi connectivity index (χ2n) is 5.53. The van der Waals surface area contributed by atoms with Crippen LogP contribution in [0.25, 0.3) is 0 Å². The minimum absolute atomic E-state index is 0.100. The van der Waals surface area contributed by atoms with Crippen LogP contribution >= 0.6 is 0 Å². The molecule has 1 rings (SSSR count). The predicted octanol–water partition coefficient (Wildman–Crippen LogP) is 2.70. The van der Waals surface area contributed by atoms with E-state index in [-0.39, 0.29) is 11.4 Å². The molecule has 0 fully saturated rings. The molecule has 0 aliphatic rings. The van der Waals surface area contributed by atoms with Gasteiger partial charge in [-0.15, -0.1) is 0 Å². The van der Waals surface area contributed by atoms with Crippen LogP contribution in [0.2, 0.25) is 0 Å². The lowest BCUT2D eigenvalue weighted by Crippen LogP contribution is -2.40. The molecule has 0 aromatic carbocycles. The summed E-state index contributed by atoms with van der Waals surface area (Å²) in [6, 6.07) is 0.877. The van der Waals surface area contributed by atoms with Crippen LogP contribution in [-0.4, -0.2) is 29.6 Å². The number of anilines is 1. The highest BCUT2D eigenvalue weighted by atomic mass is 19.4. The number of hydrogen-bond acceptors (Lipinski definition) is 4.